The van der Waals surface area contributed by atoms with Crippen LogP contribution in [0.1, 0.15) is 31.7 Å². The summed E-state index contributed by atoms with van der Waals surface area (Å²) in [7, 11) is 0. The lowest BCUT2D eigenvalue weighted by Gasteiger charge is -2.52. The molecule has 1 aromatic heterocycles. The second-order valence-corrected chi connectivity index (χ2v) is 5.09. The summed E-state index contributed by atoms with van der Waals surface area (Å²) >= 11 is 1.67. The highest BCUT2D eigenvalue weighted by Crippen LogP contribution is 2.54. The first kappa shape index (κ1) is 8.20. The standard InChI is InChI=1S/C9H14N2S/c1-8(2)3-4-9(8,10)7-11-5-6-12-7/h5-6H,3-4,10H2,1-2H3. The fourth-order valence-electron chi connectivity index (χ4n) is 1.73. The Morgan fingerprint density at radius 1 is 1.50 bits per heavy atom. The highest BCUT2D eigenvalue weighted by atomic mass is 32.1. The van der Waals surface area contributed by atoms with Gasteiger partial charge in [0.05, 0.1) is 5.54 Å². The molecule has 1 fully saturated rings. The molecule has 3 heteroatoms. The third kappa shape index (κ3) is 0.866. The molecule has 0 aliphatic heterocycles. The van der Waals surface area contributed by atoms with E-state index in [1.165, 1.54) is 6.42 Å². The minimum Gasteiger partial charge on any atom is -0.319 e. The van der Waals surface area contributed by atoms with E-state index in [0.29, 0.717) is 0 Å². The van der Waals surface area contributed by atoms with Crippen LogP contribution < -0.4 is 5.73 Å². The van der Waals surface area contributed by atoms with E-state index in [0.717, 1.165) is 11.4 Å². The summed E-state index contributed by atoms with van der Waals surface area (Å²) in [6.45, 7) is 4.44. The number of thiazole rings is 1. The zero-order valence-corrected chi connectivity index (χ0v) is 8.32. The van der Waals surface area contributed by atoms with Gasteiger partial charge in [0.1, 0.15) is 5.01 Å². The molecule has 66 valence electrons. The van der Waals surface area contributed by atoms with E-state index in [1.807, 2.05) is 11.6 Å². The number of nitrogens with two attached hydrogens (primary N) is 1. The Morgan fingerprint density at radius 3 is 2.58 bits per heavy atom. The number of nitrogens with zero attached hydrogens (tertiary/aromatic N) is 1. The third-order valence-corrected chi connectivity index (χ3v) is 4.12. The summed E-state index contributed by atoms with van der Waals surface area (Å²) in [6.07, 6.45) is 4.12. The molecule has 12 heavy (non-hydrogen) atoms. The molecule has 1 aliphatic rings. The Balaban J connectivity index is 2.35. The zero-order valence-electron chi connectivity index (χ0n) is 7.50. The first-order valence-electron chi connectivity index (χ1n) is 4.25. The Labute approximate surface area is 76.8 Å². The molecule has 2 N–H and O–H groups in total. The first-order chi connectivity index (χ1) is 5.56. The first-order valence-corrected chi connectivity index (χ1v) is 5.13. The molecule has 0 bridgehead atoms. The predicted molar refractivity (Wildman–Crippen MR) is 51.0 cm³/mol. The van der Waals surface area contributed by atoms with Gasteiger partial charge in [-0.3, -0.25) is 0 Å². The van der Waals surface area contributed by atoms with Gasteiger partial charge in [-0.05, 0) is 18.3 Å². The highest BCUT2D eigenvalue weighted by molar-refractivity contribution is 7.09. The highest BCUT2D eigenvalue weighted by Gasteiger charge is 2.52. The molecule has 1 heterocycles. The molecular weight excluding hydrogens is 168 g/mol. The fourth-order valence-corrected chi connectivity index (χ4v) is 2.70. The predicted octanol–water partition coefficient (Wildman–Crippen LogP) is 2.12. The summed E-state index contributed by atoms with van der Waals surface area (Å²) < 4.78 is 0. The van der Waals surface area contributed by atoms with E-state index in [1.54, 1.807) is 11.3 Å². The average Bonchev–Trinajstić information content (AvgIpc) is 2.53. The van der Waals surface area contributed by atoms with Crippen molar-refractivity contribution in [3.8, 4) is 0 Å². The molecule has 1 atom stereocenters. The molecule has 1 aliphatic carbocycles. The lowest BCUT2D eigenvalue weighted by Crippen LogP contribution is -2.57. The van der Waals surface area contributed by atoms with Crippen molar-refractivity contribution in [2.45, 2.75) is 32.2 Å². The monoisotopic (exact) mass is 182 g/mol. The Morgan fingerprint density at radius 2 is 2.25 bits per heavy atom. The normalized spacial score (nSPS) is 32.9. The van der Waals surface area contributed by atoms with Crippen molar-refractivity contribution >= 4 is 11.3 Å². The maximum atomic E-state index is 6.29. The van der Waals surface area contributed by atoms with Crippen molar-refractivity contribution in [3.63, 3.8) is 0 Å². The van der Waals surface area contributed by atoms with Gasteiger partial charge in [-0.2, -0.15) is 0 Å². The van der Waals surface area contributed by atoms with Gasteiger partial charge < -0.3 is 5.73 Å². The summed E-state index contributed by atoms with van der Waals surface area (Å²) in [5.74, 6) is 0. The van der Waals surface area contributed by atoms with Gasteiger partial charge in [0.25, 0.3) is 0 Å². The lowest BCUT2D eigenvalue weighted by atomic mass is 9.57. The van der Waals surface area contributed by atoms with Crippen LogP contribution in [0, 0.1) is 5.41 Å². The van der Waals surface area contributed by atoms with Crippen LogP contribution in [0.5, 0.6) is 0 Å². The molecule has 1 unspecified atom stereocenters. The number of hydrogen-bond donors (Lipinski definition) is 1. The summed E-state index contributed by atoms with van der Waals surface area (Å²) in [6, 6.07) is 0. The van der Waals surface area contributed by atoms with Crippen molar-refractivity contribution in [2.75, 3.05) is 0 Å². The van der Waals surface area contributed by atoms with E-state index >= 15 is 0 Å². The summed E-state index contributed by atoms with van der Waals surface area (Å²) in [5.41, 5.74) is 6.37. The van der Waals surface area contributed by atoms with Gasteiger partial charge in [-0.25, -0.2) is 4.98 Å². The van der Waals surface area contributed by atoms with Crippen molar-refractivity contribution in [1.82, 2.24) is 4.98 Å². The van der Waals surface area contributed by atoms with Crippen LogP contribution in [0.3, 0.4) is 0 Å². The Kier molecular flexibility index (Phi) is 1.57. The second kappa shape index (κ2) is 2.30. The van der Waals surface area contributed by atoms with E-state index in [4.69, 9.17) is 5.73 Å². The maximum absolute atomic E-state index is 6.29. The molecule has 0 aromatic carbocycles. The van der Waals surface area contributed by atoms with Crippen molar-refractivity contribution in [3.05, 3.63) is 16.6 Å². The van der Waals surface area contributed by atoms with Gasteiger partial charge in [0, 0.05) is 11.6 Å². The quantitative estimate of drug-likeness (QED) is 0.722. The SMILES string of the molecule is CC1(C)CCC1(N)c1nccs1. The van der Waals surface area contributed by atoms with Crippen LogP contribution >= 0.6 is 11.3 Å². The van der Waals surface area contributed by atoms with Crippen LogP contribution in [0.25, 0.3) is 0 Å². The largest absolute Gasteiger partial charge is 0.319 e. The molecule has 0 saturated heterocycles. The second-order valence-electron chi connectivity index (χ2n) is 4.19. The molecule has 0 radical (unpaired) electrons. The number of rotatable bonds is 1. The van der Waals surface area contributed by atoms with Crippen LogP contribution in [0.2, 0.25) is 0 Å². The van der Waals surface area contributed by atoms with Crippen LogP contribution in [0.15, 0.2) is 11.6 Å². The van der Waals surface area contributed by atoms with Crippen LogP contribution in [0.4, 0.5) is 0 Å². The van der Waals surface area contributed by atoms with Gasteiger partial charge in [0.15, 0.2) is 0 Å². The zero-order chi connectivity index (χ0) is 8.82. The number of aromatic nitrogens is 1. The molecular formula is C9H14N2S. The van der Waals surface area contributed by atoms with Crippen molar-refractivity contribution in [1.29, 1.82) is 0 Å². The number of hydrogen-bond acceptors (Lipinski definition) is 3. The van der Waals surface area contributed by atoms with E-state index in [9.17, 15) is 0 Å². The third-order valence-electron chi connectivity index (χ3n) is 3.17. The molecule has 2 rings (SSSR count). The topological polar surface area (TPSA) is 38.9 Å². The Bertz CT molecular complexity index is 279. The van der Waals surface area contributed by atoms with E-state index in [2.05, 4.69) is 18.8 Å². The van der Waals surface area contributed by atoms with E-state index in [-0.39, 0.29) is 11.0 Å². The minimum absolute atomic E-state index is 0.152. The molecule has 2 nitrogen and oxygen atoms in total. The molecule has 1 saturated carbocycles. The summed E-state index contributed by atoms with van der Waals surface area (Å²) in [5, 5.41) is 3.09. The fraction of sp³-hybridized carbons (Fsp3) is 0.667. The maximum Gasteiger partial charge on any atom is 0.113 e. The smallest absolute Gasteiger partial charge is 0.113 e. The van der Waals surface area contributed by atoms with Crippen molar-refractivity contribution < 1.29 is 0 Å². The molecule has 0 spiro atoms. The van der Waals surface area contributed by atoms with Gasteiger partial charge >= 0.3 is 0 Å². The van der Waals surface area contributed by atoms with E-state index < -0.39 is 0 Å². The van der Waals surface area contributed by atoms with Gasteiger partial charge in [-0.1, -0.05) is 13.8 Å². The average molecular weight is 182 g/mol. The lowest BCUT2D eigenvalue weighted by molar-refractivity contribution is 0.0313. The minimum atomic E-state index is -0.152. The summed E-state index contributed by atoms with van der Waals surface area (Å²) in [4.78, 5) is 4.30. The molecule has 0 amide bonds. The van der Waals surface area contributed by atoms with Crippen LogP contribution in [-0.2, 0) is 5.54 Å². The molecule has 1 aromatic rings. The van der Waals surface area contributed by atoms with Crippen LogP contribution in [-0.4, -0.2) is 4.98 Å². The van der Waals surface area contributed by atoms with Crippen molar-refractivity contribution in [2.24, 2.45) is 11.1 Å². The van der Waals surface area contributed by atoms with Gasteiger partial charge in [-0.15, -0.1) is 11.3 Å². The Hall–Kier alpha value is -0.410. The van der Waals surface area contributed by atoms with Gasteiger partial charge in [0.2, 0.25) is 0 Å².